The third kappa shape index (κ3) is 2.59. The second kappa shape index (κ2) is 5.86. The maximum absolute atomic E-state index is 12.4. The van der Waals surface area contributed by atoms with Crippen molar-refractivity contribution in [3.8, 4) is 10.6 Å². The van der Waals surface area contributed by atoms with Crippen LogP contribution in [0.2, 0.25) is 0 Å². The first-order valence-electron chi connectivity index (χ1n) is 8.25. The Labute approximate surface area is 145 Å². The predicted octanol–water partition coefficient (Wildman–Crippen LogP) is 3.75. The second-order valence-corrected chi connectivity index (χ2v) is 7.95. The normalized spacial score (nSPS) is 27.2. The number of urea groups is 1. The molecule has 0 unspecified atom stereocenters. The van der Waals surface area contributed by atoms with Gasteiger partial charge in [-0.2, -0.15) is 0 Å². The number of carbonyl (C=O) groups is 1. The number of amides is 2. The van der Waals surface area contributed by atoms with E-state index < -0.39 is 0 Å². The van der Waals surface area contributed by atoms with Crippen LogP contribution in [-0.2, 0) is 4.74 Å². The molecule has 0 radical (unpaired) electrons. The average Bonchev–Trinajstić information content (AvgIpc) is 3.23. The van der Waals surface area contributed by atoms with Crippen molar-refractivity contribution in [1.29, 1.82) is 0 Å². The van der Waals surface area contributed by atoms with Crippen LogP contribution in [0.25, 0.3) is 10.6 Å². The molecule has 6 heteroatoms. The highest BCUT2D eigenvalue weighted by Crippen LogP contribution is 2.52. The van der Waals surface area contributed by atoms with Gasteiger partial charge >= 0.3 is 6.03 Å². The minimum atomic E-state index is -0.158. The maximum atomic E-state index is 12.4. The number of ether oxygens (including phenoxy) is 1. The smallest absolute Gasteiger partial charge is 0.319 e. The summed E-state index contributed by atoms with van der Waals surface area (Å²) in [5.74, 6) is 0.437. The molecule has 2 aromatic rings. The number of carbonyl (C=O) groups excluding carboxylic acids is 1. The molecule has 24 heavy (non-hydrogen) atoms. The standard InChI is InChI=1S/C18H21N3O2S/c1-18(2)14(13-6-8-23-15(13)18)21-17(22)20-12-5-3-4-11(10-12)16-19-7-9-24-16/h3-5,7,9-10,13-15H,6,8H2,1-2H3,(H2,20,21,22)/t13-,14+,15-/m0/s1. The second-order valence-electron chi connectivity index (χ2n) is 7.06. The Morgan fingerprint density at radius 2 is 2.29 bits per heavy atom. The van der Waals surface area contributed by atoms with Gasteiger partial charge in [-0.3, -0.25) is 0 Å². The van der Waals surface area contributed by atoms with Gasteiger partial charge in [0.1, 0.15) is 5.01 Å². The van der Waals surface area contributed by atoms with Crippen LogP contribution in [0.5, 0.6) is 0 Å². The van der Waals surface area contributed by atoms with E-state index in [0.29, 0.717) is 5.92 Å². The van der Waals surface area contributed by atoms with Crippen molar-refractivity contribution in [2.24, 2.45) is 11.3 Å². The molecule has 126 valence electrons. The fourth-order valence-electron chi connectivity index (χ4n) is 4.02. The number of nitrogens with zero attached hydrogens (tertiary/aromatic N) is 1. The molecule has 1 saturated heterocycles. The van der Waals surface area contributed by atoms with E-state index >= 15 is 0 Å². The third-order valence-electron chi connectivity index (χ3n) is 5.19. The first-order chi connectivity index (χ1) is 11.6. The summed E-state index contributed by atoms with van der Waals surface area (Å²) in [6, 6.07) is 7.77. The quantitative estimate of drug-likeness (QED) is 0.892. The van der Waals surface area contributed by atoms with E-state index in [1.807, 2.05) is 29.6 Å². The molecular weight excluding hydrogens is 322 g/mol. The minimum absolute atomic E-state index is 0.0127. The highest BCUT2D eigenvalue weighted by atomic mass is 32.1. The van der Waals surface area contributed by atoms with E-state index in [4.69, 9.17) is 4.74 Å². The number of hydrogen-bond donors (Lipinski definition) is 2. The van der Waals surface area contributed by atoms with Crippen LogP contribution in [0.1, 0.15) is 20.3 Å². The number of hydrogen-bond acceptors (Lipinski definition) is 4. The number of anilines is 1. The van der Waals surface area contributed by atoms with Crippen molar-refractivity contribution >= 4 is 23.1 Å². The molecule has 1 aromatic carbocycles. The average molecular weight is 343 g/mol. The summed E-state index contributed by atoms with van der Waals surface area (Å²) in [4.78, 5) is 16.7. The largest absolute Gasteiger partial charge is 0.377 e. The van der Waals surface area contributed by atoms with Crippen LogP contribution in [-0.4, -0.2) is 29.8 Å². The van der Waals surface area contributed by atoms with E-state index in [0.717, 1.165) is 29.3 Å². The molecule has 2 amide bonds. The Kier molecular flexibility index (Phi) is 3.81. The van der Waals surface area contributed by atoms with E-state index in [2.05, 4.69) is 29.5 Å². The number of thiazole rings is 1. The summed E-state index contributed by atoms with van der Waals surface area (Å²) in [6.45, 7) is 5.12. The van der Waals surface area contributed by atoms with E-state index in [1.165, 1.54) is 0 Å². The zero-order valence-corrected chi connectivity index (χ0v) is 14.6. The third-order valence-corrected chi connectivity index (χ3v) is 6.01. The first kappa shape index (κ1) is 15.6. The van der Waals surface area contributed by atoms with E-state index in [1.54, 1.807) is 17.5 Å². The number of rotatable bonds is 3. The number of nitrogens with one attached hydrogen (secondary N) is 2. The SMILES string of the molecule is CC1(C)[C@H](NC(=O)Nc2cccc(-c3nccs3)c2)[C@@H]2CCO[C@@H]21. The molecule has 1 saturated carbocycles. The molecule has 2 fully saturated rings. The van der Waals surface area contributed by atoms with Crippen molar-refractivity contribution in [2.45, 2.75) is 32.4 Å². The van der Waals surface area contributed by atoms with Crippen molar-refractivity contribution in [2.75, 3.05) is 11.9 Å². The van der Waals surface area contributed by atoms with Gasteiger partial charge in [0.25, 0.3) is 0 Å². The van der Waals surface area contributed by atoms with Gasteiger partial charge in [0, 0.05) is 46.8 Å². The number of aromatic nitrogens is 1. The first-order valence-corrected chi connectivity index (χ1v) is 9.13. The molecule has 1 aliphatic heterocycles. The number of fused-ring (bicyclic) bond motifs is 1. The van der Waals surface area contributed by atoms with Gasteiger partial charge in [0.2, 0.25) is 0 Å². The molecule has 3 atom stereocenters. The highest BCUT2D eigenvalue weighted by Gasteiger charge is 2.59. The molecule has 4 rings (SSSR count). The van der Waals surface area contributed by atoms with Crippen LogP contribution in [0.4, 0.5) is 10.5 Å². The molecule has 2 aliphatic rings. The van der Waals surface area contributed by atoms with Gasteiger partial charge in [-0.25, -0.2) is 9.78 Å². The van der Waals surface area contributed by atoms with Crippen molar-refractivity contribution in [3.05, 3.63) is 35.8 Å². The van der Waals surface area contributed by atoms with Crippen molar-refractivity contribution < 1.29 is 9.53 Å². The number of benzene rings is 1. The van der Waals surface area contributed by atoms with Crippen LogP contribution < -0.4 is 10.6 Å². The molecule has 1 aliphatic carbocycles. The zero-order chi connectivity index (χ0) is 16.7. The lowest BCUT2D eigenvalue weighted by Gasteiger charge is -2.54. The fraction of sp³-hybridized carbons (Fsp3) is 0.444. The molecule has 1 aromatic heterocycles. The van der Waals surface area contributed by atoms with E-state index in [-0.39, 0.29) is 23.6 Å². The molecule has 0 spiro atoms. The molecule has 5 nitrogen and oxygen atoms in total. The summed E-state index contributed by atoms with van der Waals surface area (Å²) in [6.07, 6.45) is 3.08. The Morgan fingerprint density at radius 3 is 3.08 bits per heavy atom. The molecule has 2 heterocycles. The molecule has 0 bridgehead atoms. The lowest BCUT2D eigenvalue weighted by molar-refractivity contribution is -0.107. The Balaban J connectivity index is 1.43. The highest BCUT2D eigenvalue weighted by molar-refractivity contribution is 7.13. The van der Waals surface area contributed by atoms with Gasteiger partial charge in [-0.1, -0.05) is 26.0 Å². The van der Waals surface area contributed by atoms with Crippen LogP contribution in [0.15, 0.2) is 35.8 Å². The molecular formula is C18H21N3O2S. The topological polar surface area (TPSA) is 63.2 Å². The summed E-state index contributed by atoms with van der Waals surface area (Å²) in [5.41, 5.74) is 1.77. The summed E-state index contributed by atoms with van der Waals surface area (Å²) >= 11 is 1.58. The van der Waals surface area contributed by atoms with Gasteiger partial charge in [-0.15, -0.1) is 11.3 Å². The van der Waals surface area contributed by atoms with Crippen LogP contribution >= 0.6 is 11.3 Å². The van der Waals surface area contributed by atoms with Crippen molar-refractivity contribution in [3.63, 3.8) is 0 Å². The Bertz CT molecular complexity index is 744. The fourth-order valence-corrected chi connectivity index (χ4v) is 4.66. The van der Waals surface area contributed by atoms with Gasteiger partial charge in [0.05, 0.1) is 6.10 Å². The Morgan fingerprint density at radius 1 is 1.42 bits per heavy atom. The zero-order valence-electron chi connectivity index (χ0n) is 13.8. The van der Waals surface area contributed by atoms with Gasteiger partial charge < -0.3 is 15.4 Å². The summed E-state index contributed by atoms with van der Waals surface area (Å²) in [7, 11) is 0. The van der Waals surface area contributed by atoms with Gasteiger partial charge in [-0.05, 0) is 18.6 Å². The van der Waals surface area contributed by atoms with Gasteiger partial charge in [0.15, 0.2) is 0 Å². The summed E-state index contributed by atoms with van der Waals surface area (Å²) in [5, 5.41) is 8.98. The lowest BCUT2D eigenvalue weighted by Crippen LogP contribution is -2.67. The van der Waals surface area contributed by atoms with E-state index in [9.17, 15) is 4.79 Å². The minimum Gasteiger partial charge on any atom is -0.377 e. The summed E-state index contributed by atoms with van der Waals surface area (Å²) < 4.78 is 5.78. The molecule has 2 N–H and O–H groups in total. The monoisotopic (exact) mass is 343 g/mol. The van der Waals surface area contributed by atoms with Crippen LogP contribution in [0.3, 0.4) is 0 Å². The van der Waals surface area contributed by atoms with Crippen LogP contribution in [0, 0.1) is 11.3 Å². The maximum Gasteiger partial charge on any atom is 0.319 e. The lowest BCUT2D eigenvalue weighted by atomic mass is 9.57. The predicted molar refractivity (Wildman–Crippen MR) is 95.1 cm³/mol. The van der Waals surface area contributed by atoms with Crippen molar-refractivity contribution in [1.82, 2.24) is 10.3 Å². The Hall–Kier alpha value is -1.92.